The summed E-state index contributed by atoms with van der Waals surface area (Å²) in [5.74, 6) is -2.58. The van der Waals surface area contributed by atoms with E-state index in [0.717, 1.165) is 6.92 Å². The molecule has 11 heavy (non-hydrogen) atoms. The average molecular weight is 164 g/mol. The van der Waals surface area contributed by atoms with Crippen LogP contribution in [-0.4, -0.2) is 5.92 Å². The zero-order chi connectivity index (χ0) is 9.07. The zero-order valence-corrected chi connectivity index (χ0v) is 7.82. The van der Waals surface area contributed by atoms with Crippen molar-refractivity contribution in [2.75, 3.05) is 0 Å². The van der Waals surface area contributed by atoms with Crippen LogP contribution < -0.4 is 0 Å². The third-order valence-electron chi connectivity index (χ3n) is 1.97. The molecule has 0 fully saturated rings. The molecule has 0 rings (SSSR count). The second kappa shape index (κ2) is 4.03. The van der Waals surface area contributed by atoms with Crippen LogP contribution in [0.1, 0.15) is 40.5 Å². The largest absolute Gasteiger partial charge is 0.248 e. The molecule has 0 saturated heterocycles. The molecule has 0 aliphatic heterocycles. The van der Waals surface area contributed by atoms with Crippen molar-refractivity contribution < 1.29 is 8.78 Å². The maximum atomic E-state index is 12.7. The lowest BCUT2D eigenvalue weighted by Gasteiger charge is -2.23. The summed E-state index contributed by atoms with van der Waals surface area (Å²) in [5, 5.41) is 0. The standard InChI is InChI=1S/C9H18F2/c1-5-8(6-7(2)3)9(4,10)11/h7-8H,5-6H2,1-4H3. The van der Waals surface area contributed by atoms with Gasteiger partial charge in [0.25, 0.3) is 0 Å². The summed E-state index contributed by atoms with van der Waals surface area (Å²) in [6.45, 7) is 6.80. The van der Waals surface area contributed by atoms with Crippen molar-refractivity contribution in [2.24, 2.45) is 11.8 Å². The van der Waals surface area contributed by atoms with Gasteiger partial charge in [0.2, 0.25) is 5.92 Å². The number of alkyl halides is 2. The molecule has 0 bridgehead atoms. The Hall–Kier alpha value is -0.140. The lowest BCUT2D eigenvalue weighted by Crippen LogP contribution is -2.25. The van der Waals surface area contributed by atoms with Crippen LogP contribution in [0.2, 0.25) is 0 Å². The lowest BCUT2D eigenvalue weighted by molar-refractivity contribution is -0.0484. The number of halogens is 2. The summed E-state index contributed by atoms with van der Waals surface area (Å²) in [5.41, 5.74) is 0. The Kier molecular flexibility index (Phi) is 3.98. The van der Waals surface area contributed by atoms with Gasteiger partial charge < -0.3 is 0 Å². The third-order valence-corrected chi connectivity index (χ3v) is 1.97. The monoisotopic (exact) mass is 164 g/mol. The van der Waals surface area contributed by atoms with Gasteiger partial charge in [0.15, 0.2) is 0 Å². The van der Waals surface area contributed by atoms with Crippen molar-refractivity contribution >= 4 is 0 Å². The fourth-order valence-corrected chi connectivity index (χ4v) is 1.30. The van der Waals surface area contributed by atoms with Crippen LogP contribution in [-0.2, 0) is 0 Å². The number of rotatable bonds is 4. The van der Waals surface area contributed by atoms with E-state index in [0.29, 0.717) is 18.8 Å². The summed E-state index contributed by atoms with van der Waals surface area (Å²) in [4.78, 5) is 0. The van der Waals surface area contributed by atoms with E-state index < -0.39 is 11.8 Å². The Labute approximate surface area is 68.0 Å². The lowest BCUT2D eigenvalue weighted by atomic mass is 9.90. The summed E-state index contributed by atoms with van der Waals surface area (Å²) < 4.78 is 25.5. The second-order valence-electron chi connectivity index (χ2n) is 3.69. The minimum atomic E-state index is -2.50. The van der Waals surface area contributed by atoms with Gasteiger partial charge in [-0.05, 0) is 25.7 Å². The van der Waals surface area contributed by atoms with E-state index >= 15 is 0 Å². The molecular formula is C9H18F2. The van der Waals surface area contributed by atoms with E-state index in [2.05, 4.69) is 0 Å². The van der Waals surface area contributed by atoms with Crippen LogP contribution in [0.5, 0.6) is 0 Å². The minimum Gasteiger partial charge on any atom is -0.207 e. The first-order valence-electron chi connectivity index (χ1n) is 4.25. The van der Waals surface area contributed by atoms with Crippen LogP contribution in [0.25, 0.3) is 0 Å². The van der Waals surface area contributed by atoms with Crippen molar-refractivity contribution in [1.82, 2.24) is 0 Å². The minimum absolute atomic E-state index is 0.366. The van der Waals surface area contributed by atoms with Crippen LogP contribution >= 0.6 is 0 Å². The Balaban J connectivity index is 3.96. The maximum Gasteiger partial charge on any atom is 0.248 e. The Bertz CT molecular complexity index is 103. The molecule has 68 valence electrons. The van der Waals surface area contributed by atoms with Crippen LogP contribution in [0.3, 0.4) is 0 Å². The highest BCUT2D eigenvalue weighted by molar-refractivity contribution is 4.72. The first kappa shape index (κ1) is 10.9. The highest BCUT2D eigenvalue weighted by atomic mass is 19.3. The van der Waals surface area contributed by atoms with Crippen molar-refractivity contribution in [3.05, 3.63) is 0 Å². The third kappa shape index (κ3) is 4.33. The smallest absolute Gasteiger partial charge is 0.207 e. The fraction of sp³-hybridized carbons (Fsp3) is 1.00. The molecule has 0 nitrogen and oxygen atoms in total. The van der Waals surface area contributed by atoms with E-state index in [4.69, 9.17) is 0 Å². The SMILES string of the molecule is CCC(CC(C)C)C(C)(F)F. The Morgan fingerprint density at radius 2 is 1.73 bits per heavy atom. The van der Waals surface area contributed by atoms with E-state index in [9.17, 15) is 8.78 Å². The molecule has 1 atom stereocenters. The van der Waals surface area contributed by atoms with E-state index in [1.165, 1.54) is 0 Å². The van der Waals surface area contributed by atoms with Gasteiger partial charge in [0.05, 0.1) is 0 Å². The molecule has 0 aliphatic carbocycles. The van der Waals surface area contributed by atoms with Crippen LogP contribution in [0.4, 0.5) is 8.78 Å². The molecule has 0 spiro atoms. The van der Waals surface area contributed by atoms with Gasteiger partial charge in [0, 0.05) is 5.92 Å². The molecule has 0 amide bonds. The molecule has 2 heteroatoms. The van der Waals surface area contributed by atoms with Gasteiger partial charge in [-0.2, -0.15) is 0 Å². The van der Waals surface area contributed by atoms with Gasteiger partial charge in [-0.25, -0.2) is 8.78 Å². The molecule has 0 aromatic rings. The maximum absolute atomic E-state index is 12.7. The normalized spacial score (nSPS) is 15.5. The summed E-state index contributed by atoms with van der Waals surface area (Å²) in [6, 6.07) is 0. The van der Waals surface area contributed by atoms with Gasteiger partial charge in [0.1, 0.15) is 0 Å². The summed E-state index contributed by atoms with van der Waals surface area (Å²) in [7, 11) is 0. The van der Waals surface area contributed by atoms with E-state index in [1.54, 1.807) is 0 Å². The van der Waals surface area contributed by atoms with Gasteiger partial charge >= 0.3 is 0 Å². The average Bonchev–Trinajstić information content (AvgIpc) is 1.79. The number of hydrogen-bond acceptors (Lipinski definition) is 0. The highest BCUT2D eigenvalue weighted by Crippen LogP contribution is 2.31. The van der Waals surface area contributed by atoms with Gasteiger partial charge in [-0.1, -0.05) is 20.8 Å². The molecule has 0 heterocycles. The number of hydrogen-bond donors (Lipinski definition) is 0. The molecule has 0 aliphatic rings. The quantitative estimate of drug-likeness (QED) is 0.594. The second-order valence-corrected chi connectivity index (χ2v) is 3.69. The topological polar surface area (TPSA) is 0 Å². The van der Waals surface area contributed by atoms with Crippen LogP contribution in [0.15, 0.2) is 0 Å². The first-order valence-corrected chi connectivity index (χ1v) is 4.25. The summed E-state index contributed by atoms with van der Waals surface area (Å²) >= 11 is 0. The predicted molar refractivity (Wildman–Crippen MR) is 43.9 cm³/mol. The molecule has 0 aromatic carbocycles. The van der Waals surface area contributed by atoms with Crippen molar-refractivity contribution in [3.63, 3.8) is 0 Å². The molecule has 0 saturated carbocycles. The van der Waals surface area contributed by atoms with Gasteiger partial charge in [-0.3, -0.25) is 0 Å². The van der Waals surface area contributed by atoms with E-state index in [1.807, 2.05) is 20.8 Å². The molecule has 1 unspecified atom stereocenters. The van der Waals surface area contributed by atoms with Crippen molar-refractivity contribution in [2.45, 2.75) is 46.5 Å². The van der Waals surface area contributed by atoms with Gasteiger partial charge in [-0.15, -0.1) is 0 Å². The van der Waals surface area contributed by atoms with Crippen molar-refractivity contribution in [3.8, 4) is 0 Å². The zero-order valence-electron chi connectivity index (χ0n) is 7.82. The molecule has 0 N–H and O–H groups in total. The molecular weight excluding hydrogens is 146 g/mol. The summed E-state index contributed by atoms with van der Waals surface area (Å²) in [6.07, 6.45) is 1.20. The highest BCUT2D eigenvalue weighted by Gasteiger charge is 2.32. The van der Waals surface area contributed by atoms with E-state index in [-0.39, 0.29) is 0 Å². The Morgan fingerprint density at radius 3 is 1.82 bits per heavy atom. The molecule has 0 radical (unpaired) electrons. The first-order chi connectivity index (χ1) is 4.88. The predicted octanol–water partition coefficient (Wildman–Crippen LogP) is 3.71. The van der Waals surface area contributed by atoms with Crippen molar-refractivity contribution in [1.29, 1.82) is 0 Å². The Morgan fingerprint density at radius 1 is 1.27 bits per heavy atom. The molecule has 0 aromatic heterocycles. The fourth-order valence-electron chi connectivity index (χ4n) is 1.30. The van der Waals surface area contributed by atoms with Crippen LogP contribution in [0, 0.1) is 11.8 Å².